The summed E-state index contributed by atoms with van der Waals surface area (Å²) < 4.78 is 5.40. The highest BCUT2D eigenvalue weighted by molar-refractivity contribution is 5.68. The number of hydrogen-bond acceptors (Lipinski definition) is 3. The highest BCUT2D eigenvalue weighted by Crippen LogP contribution is 2.32. The van der Waals surface area contributed by atoms with Crippen molar-refractivity contribution in [2.45, 2.75) is 71.4 Å². The zero-order valence-electron chi connectivity index (χ0n) is 14.2. The van der Waals surface area contributed by atoms with E-state index in [1.807, 2.05) is 20.8 Å². The zero-order valence-corrected chi connectivity index (χ0v) is 14.2. The molecule has 4 nitrogen and oxygen atoms in total. The highest BCUT2D eigenvalue weighted by atomic mass is 16.6. The summed E-state index contributed by atoms with van der Waals surface area (Å²) in [5.74, 6) is 1.62. The van der Waals surface area contributed by atoms with Gasteiger partial charge in [-0.15, -0.1) is 0 Å². The number of carbonyl (C=O) groups excluding carboxylic acids is 1. The molecule has 1 saturated carbocycles. The van der Waals surface area contributed by atoms with E-state index in [0.717, 1.165) is 18.9 Å². The van der Waals surface area contributed by atoms with Crippen molar-refractivity contribution < 1.29 is 9.53 Å². The number of alkyl carbamates (subject to hydrolysis) is 1. The van der Waals surface area contributed by atoms with E-state index in [1.54, 1.807) is 0 Å². The van der Waals surface area contributed by atoms with Crippen molar-refractivity contribution in [2.24, 2.45) is 11.8 Å². The van der Waals surface area contributed by atoms with Crippen molar-refractivity contribution in [1.29, 1.82) is 0 Å². The number of amides is 1. The second-order valence-corrected chi connectivity index (χ2v) is 7.90. The highest BCUT2D eigenvalue weighted by Gasteiger charge is 2.32. The molecule has 1 heterocycles. The van der Waals surface area contributed by atoms with Gasteiger partial charge in [-0.3, -0.25) is 0 Å². The molecule has 0 radical (unpaired) electrons. The van der Waals surface area contributed by atoms with Gasteiger partial charge in [0.15, 0.2) is 0 Å². The molecule has 2 atom stereocenters. The summed E-state index contributed by atoms with van der Waals surface area (Å²) in [4.78, 5) is 14.5. The first-order valence-corrected chi connectivity index (χ1v) is 8.57. The maximum Gasteiger partial charge on any atom is 0.407 e. The average Bonchev–Trinajstić information content (AvgIpc) is 3.10. The Kier molecular flexibility index (Phi) is 5.53. The standard InChI is InChI=1S/C17H32N2O2/c1-5-6-14-9-15(18-16(20)21-17(2,3)4)12-19(11-14)10-13-7-8-13/h13-15H,5-12H2,1-4H3,(H,18,20). The molecule has 0 aromatic carbocycles. The molecule has 0 aromatic rings. The molecule has 2 unspecified atom stereocenters. The van der Waals surface area contributed by atoms with E-state index in [1.165, 1.54) is 38.8 Å². The van der Waals surface area contributed by atoms with E-state index in [2.05, 4.69) is 17.1 Å². The molecule has 2 rings (SSSR count). The monoisotopic (exact) mass is 296 g/mol. The first-order chi connectivity index (χ1) is 9.85. The first-order valence-electron chi connectivity index (χ1n) is 8.57. The summed E-state index contributed by atoms with van der Waals surface area (Å²) in [6.45, 7) is 11.4. The largest absolute Gasteiger partial charge is 0.444 e. The molecule has 1 saturated heterocycles. The normalized spacial score (nSPS) is 27.4. The van der Waals surface area contributed by atoms with Crippen LogP contribution >= 0.6 is 0 Å². The van der Waals surface area contributed by atoms with Crippen LogP contribution in [0.4, 0.5) is 4.79 Å². The van der Waals surface area contributed by atoms with E-state index >= 15 is 0 Å². The third-order valence-corrected chi connectivity index (χ3v) is 4.24. The molecule has 0 spiro atoms. The summed E-state index contributed by atoms with van der Waals surface area (Å²) >= 11 is 0. The fourth-order valence-corrected chi connectivity index (χ4v) is 3.31. The number of ether oxygens (including phenoxy) is 1. The van der Waals surface area contributed by atoms with Gasteiger partial charge in [0.05, 0.1) is 0 Å². The number of rotatable bonds is 5. The third kappa shape index (κ3) is 6.25. The molecule has 1 aliphatic heterocycles. The second kappa shape index (κ2) is 6.99. The number of nitrogens with one attached hydrogen (secondary N) is 1. The minimum atomic E-state index is -0.421. The molecule has 1 amide bonds. The molecule has 2 fully saturated rings. The minimum absolute atomic E-state index is 0.240. The number of hydrogen-bond donors (Lipinski definition) is 1. The van der Waals surface area contributed by atoms with Gasteiger partial charge >= 0.3 is 6.09 Å². The van der Waals surface area contributed by atoms with Crippen molar-refractivity contribution in [2.75, 3.05) is 19.6 Å². The van der Waals surface area contributed by atoms with Crippen LogP contribution in [0.3, 0.4) is 0 Å². The Morgan fingerprint density at radius 1 is 1.24 bits per heavy atom. The van der Waals surface area contributed by atoms with Gasteiger partial charge in [0.25, 0.3) is 0 Å². The second-order valence-electron chi connectivity index (χ2n) is 7.90. The van der Waals surface area contributed by atoms with Gasteiger partial charge in [-0.25, -0.2) is 4.79 Å². The Balaban J connectivity index is 1.85. The zero-order chi connectivity index (χ0) is 15.5. The molecule has 0 bridgehead atoms. The summed E-state index contributed by atoms with van der Waals surface area (Å²) in [5, 5.41) is 3.08. The molecule has 0 aromatic heterocycles. The lowest BCUT2D eigenvalue weighted by Gasteiger charge is -2.38. The average molecular weight is 296 g/mol. The predicted molar refractivity (Wildman–Crippen MR) is 85.3 cm³/mol. The van der Waals surface area contributed by atoms with Gasteiger partial charge in [0.2, 0.25) is 0 Å². The minimum Gasteiger partial charge on any atom is -0.444 e. The van der Waals surface area contributed by atoms with E-state index in [-0.39, 0.29) is 12.1 Å². The van der Waals surface area contributed by atoms with Crippen LogP contribution in [0.25, 0.3) is 0 Å². The third-order valence-electron chi connectivity index (χ3n) is 4.24. The van der Waals surface area contributed by atoms with Crippen molar-refractivity contribution in [3.8, 4) is 0 Å². The summed E-state index contributed by atoms with van der Waals surface area (Å²) in [6.07, 6.45) is 6.08. The Hall–Kier alpha value is -0.770. The number of carbonyl (C=O) groups is 1. The Morgan fingerprint density at radius 3 is 2.52 bits per heavy atom. The van der Waals surface area contributed by atoms with Gasteiger partial charge < -0.3 is 15.0 Å². The van der Waals surface area contributed by atoms with Crippen LogP contribution in [0.2, 0.25) is 0 Å². The quantitative estimate of drug-likeness (QED) is 0.845. The molecular formula is C17H32N2O2. The lowest BCUT2D eigenvalue weighted by molar-refractivity contribution is 0.0443. The summed E-state index contributed by atoms with van der Waals surface area (Å²) in [5.41, 5.74) is -0.421. The number of piperidine rings is 1. The molecule has 4 heteroatoms. The van der Waals surface area contributed by atoms with E-state index in [0.29, 0.717) is 5.92 Å². The summed E-state index contributed by atoms with van der Waals surface area (Å²) in [6, 6.07) is 0.240. The Bertz CT molecular complexity index is 347. The Labute approximate surface area is 129 Å². The molecule has 21 heavy (non-hydrogen) atoms. The maximum atomic E-state index is 12.0. The fourth-order valence-electron chi connectivity index (χ4n) is 3.31. The van der Waals surface area contributed by atoms with Crippen molar-refractivity contribution in [3.63, 3.8) is 0 Å². The molecule has 122 valence electrons. The van der Waals surface area contributed by atoms with Crippen LogP contribution in [0, 0.1) is 11.8 Å². The van der Waals surface area contributed by atoms with Gasteiger partial charge in [-0.05, 0) is 58.3 Å². The van der Waals surface area contributed by atoms with Gasteiger partial charge in [-0.1, -0.05) is 13.3 Å². The van der Waals surface area contributed by atoms with E-state index in [9.17, 15) is 4.79 Å². The van der Waals surface area contributed by atoms with E-state index < -0.39 is 5.60 Å². The van der Waals surface area contributed by atoms with Crippen LogP contribution in [0.5, 0.6) is 0 Å². The lowest BCUT2D eigenvalue weighted by Crippen LogP contribution is -2.52. The van der Waals surface area contributed by atoms with Crippen molar-refractivity contribution >= 4 is 6.09 Å². The molecular weight excluding hydrogens is 264 g/mol. The topological polar surface area (TPSA) is 41.6 Å². The predicted octanol–water partition coefficient (Wildman–Crippen LogP) is 3.41. The molecule has 2 aliphatic rings. The molecule has 1 aliphatic carbocycles. The SMILES string of the molecule is CCCC1CC(NC(=O)OC(C)(C)C)CN(CC2CC2)C1. The van der Waals surface area contributed by atoms with Crippen molar-refractivity contribution in [1.82, 2.24) is 10.2 Å². The molecule has 1 N–H and O–H groups in total. The van der Waals surface area contributed by atoms with Crippen LogP contribution < -0.4 is 5.32 Å². The van der Waals surface area contributed by atoms with E-state index in [4.69, 9.17) is 4.74 Å². The number of nitrogens with zero attached hydrogens (tertiary/aromatic N) is 1. The smallest absolute Gasteiger partial charge is 0.407 e. The van der Waals surface area contributed by atoms with Crippen LogP contribution in [0.15, 0.2) is 0 Å². The Morgan fingerprint density at radius 2 is 1.95 bits per heavy atom. The van der Waals surface area contributed by atoms with Crippen LogP contribution in [-0.4, -0.2) is 42.3 Å². The van der Waals surface area contributed by atoms with Crippen molar-refractivity contribution in [3.05, 3.63) is 0 Å². The van der Waals surface area contributed by atoms with Gasteiger partial charge in [-0.2, -0.15) is 0 Å². The van der Waals surface area contributed by atoms with Crippen LogP contribution in [-0.2, 0) is 4.74 Å². The number of likely N-dealkylation sites (tertiary alicyclic amines) is 1. The maximum absolute atomic E-state index is 12.0. The van der Waals surface area contributed by atoms with Gasteiger partial charge in [0, 0.05) is 25.7 Å². The summed E-state index contributed by atoms with van der Waals surface area (Å²) in [7, 11) is 0. The fraction of sp³-hybridized carbons (Fsp3) is 0.941. The van der Waals surface area contributed by atoms with Gasteiger partial charge in [0.1, 0.15) is 5.60 Å². The van der Waals surface area contributed by atoms with Crippen LogP contribution in [0.1, 0.15) is 59.8 Å². The first kappa shape index (κ1) is 16.6. The lowest BCUT2D eigenvalue weighted by atomic mass is 9.90.